The van der Waals surface area contributed by atoms with Crippen molar-refractivity contribution in [2.24, 2.45) is 0 Å². The molecule has 0 radical (unpaired) electrons. The van der Waals surface area contributed by atoms with Crippen LogP contribution in [-0.4, -0.2) is 55.0 Å². The number of oxazole rings is 1. The fraction of sp³-hybridized carbons (Fsp3) is 0.269. The summed E-state index contributed by atoms with van der Waals surface area (Å²) in [5.41, 5.74) is 3.42. The first-order valence-electron chi connectivity index (χ1n) is 12.2. The van der Waals surface area contributed by atoms with Crippen LogP contribution in [0.15, 0.2) is 59.3 Å². The molecule has 1 aliphatic rings. The van der Waals surface area contributed by atoms with E-state index in [4.69, 9.17) is 29.0 Å². The zero-order valence-corrected chi connectivity index (χ0v) is 20.7. The van der Waals surface area contributed by atoms with Gasteiger partial charge in [-0.15, -0.1) is 0 Å². The summed E-state index contributed by atoms with van der Waals surface area (Å²) in [7, 11) is 0. The van der Waals surface area contributed by atoms with Crippen LogP contribution in [0, 0.1) is 5.82 Å². The molecule has 0 atom stereocenters. The number of aliphatic carboxylic acids is 1. The SMILES string of the molecule is Fc1cccc(-n2cnc3c(NCc4nc5ccccc5o4)nc(C4CCOCC4)nc32)c1.O=C(O)C(F)(F)F. The predicted molar refractivity (Wildman–Crippen MR) is 134 cm³/mol. The second kappa shape index (κ2) is 11.3. The lowest BCUT2D eigenvalue weighted by atomic mass is 9.99. The summed E-state index contributed by atoms with van der Waals surface area (Å²) in [5, 5.41) is 10.5. The van der Waals surface area contributed by atoms with Crippen LogP contribution in [0.1, 0.15) is 30.5 Å². The molecular weight excluding hydrogens is 536 g/mol. The van der Waals surface area contributed by atoms with Gasteiger partial charge in [0.2, 0.25) is 5.89 Å². The van der Waals surface area contributed by atoms with Crippen molar-refractivity contribution in [1.29, 1.82) is 0 Å². The predicted octanol–water partition coefficient (Wildman–Crippen LogP) is 5.24. The van der Waals surface area contributed by atoms with Crippen molar-refractivity contribution in [2.45, 2.75) is 31.5 Å². The van der Waals surface area contributed by atoms with Gasteiger partial charge in [0.15, 0.2) is 22.6 Å². The summed E-state index contributed by atoms with van der Waals surface area (Å²) in [5.74, 6) is -1.01. The van der Waals surface area contributed by atoms with Gasteiger partial charge in [-0.05, 0) is 43.2 Å². The molecule has 1 aliphatic heterocycles. The number of fused-ring (bicyclic) bond motifs is 2. The van der Waals surface area contributed by atoms with Crippen LogP contribution in [0.2, 0.25) is 0 Å². The smallest absolute Gasteiger partial charge is 0.475 e. The van der Waals surface area contributed by atoms with Crippen LogP contribution in [0.5, 0.6) is 0 Å². The van der Waals surface area contributed by atoms with E-state index in [0.29, 0.717) is 48.3 Å². The summed E-state index contributed by atoms with van der Waals surface area (Å²) in [6.45, 7) is 1.71. The molecule has 208 valence electrons. The average Bonchev–Trinajstić information content (AvgIpc) is 3.56. The molecule has 14 heteroatoms. The Morgan fingerprint density at radius 3 is 2.52 bits per heavy atom. The number of rotatable bonds is 5. The Labute approximate surface area is 223 Å². The van der Waals surface area contributed by atoms with Crippen molar-refractivity contribution in [1.82, 2.24) is 24.5 Å². The second-order valence-corrected chi connectivity index (χ2v) is 8.82. The zero-order valence-electron chi connectivity index (χ0n) is 20.7. The number of hydrogen-bond acceptors (Lipinski definition) is 8. The number of hydrogen-bond donors (Lipinski definition) is 2. The lowest BCUT2D eigenvalue weighted by Gasteiger charge is -2.21. The zero-order chi connectivity index (χ0) is 28.3. The Balaban J connectivity index is 0.000000411. The molecule has 5 aromatic rings. The molecule has 40 heavy (non-hydrogen) atoms. The minimum atomic E-state index is -5.08. The van der Waals surface area contributed by atoms with Crippen LogP contribution in [0.3, 0.4) is 0 Å². The maximum atomic E-state index is 13.9. The highest BCUT2D eigenvalue weighted by Crippen LogP contribution is 2.29. The maximum absolute atomic E-state index is 13.9. The second-order valence-electron chi connectivity index (χ2n) is 8.82. The normalized spacial score (nSPS) is 14.2. The van der Waals surface area contributed by atoms with Gasteiger partial charge >= 0.3 is 12.1 Å². The summed E-state index contributed by atoms with van der Waals surface area (Å²) in [4.78, 5) is 27.6. The van der Waals surface area contributed by atoms with Crippen molar-refractivity contribution in [3.63, 3.8) is 0 Å². The number of nitrogens with zero attached hydrogens (tertiary/aromatic N) is 5. The van der Waals surface area contributed by atoms with Gasteiger partial charge in [0.05, 0.1) is 12.2 Å². The fourth-order valence-corrected chi connectivity index (χ4v) is 4.15. The highest BCUT2D eigenvalue weighted by molar-refractivity contribution is 5.84. The van der Waals surface area contributed by atoms with E-state index in [9.17, 15) is 17.6 Å². The van der Waals surface area contributed by atoms with Gasteiger partial charge in [-0.25, -0.2) is 29.1 Å². The van der Waals surface area contributed by atoms with Crippen LogP contribution in [0.25, 0.3) is 28.0 Å². The van der Waals surface area contributed by atoms with Crippen molar-refractivity contribution in [2.75, 3.05) is 18.5 Å². The monoisotopic (exact) mass is 558 g/mol. The van der Waals surface area contributed by atoms with Crippen LogP contribution < -0.4 is 5.32 Å². The highest BCUT2D eigenvalue weighted by Gasteiger charge is 2.38. The quantitative estimate of drug-likeness (QED) is 0.279. The summed E-state index contributed by atoms with van der Waals surface area (Å²) < 4.78 is 58.8. The Kier molecular flexibility index (Phi) is 7.60. The number of carboxylic acids is 1. The molecule has 10 nitrogen and oxygen atoms in total. The van der Waals surface area contributed by atoms with E-state index in [1.807, 2.05) is 30.3 Å². The van der Waals surface area contributed by atoms with E-state index in [1.54, 1.807) is 17.0 Å². The van der Waals surface area contributed by atoms with E-state index in [1.165, 1.54) is 12.1 Å². The Morgan fingerprint density at radius 2 is 1.82 bits per heavy atom. The summed E-state index contributed by atoms with van der Waals surface area (Å²) in [6, 6.07) is 14.0. The van der Waals surface area contributed by atoms with Gasteiger partial charge in [-0.1, -0.05) is 18.2 Å². The van der Waals surface area contributed by atoms with Gasteiger partial charge in [-0.3, -0.25) is 4.57 Å². The largest absolute Gasteiger partial charge is 0.490 e. The lowest BCUT2D eigenvalue weighted by Crippen LogP contribution is -2.21. The molecule has 3 aromatic heterocycles. The Bertz CT molecular complexity index is 1610. The van der Waals surface area contributed by atoms with E-state index in [0.717, 1.165) is 29.8 Å². The van der Waals surface area contributed by atoms with E-state index >= 15 is 0 Å². The number of ether oxygens (including phenoxy) is 1. The van der Waals surface area contributed by atoms with Crippen LogP contribution >= 0.6 is 0 Å². The average molecular weight is 558 g/mol. The minimum Gasteiger partial charge on any atom is -0.475 e. The summed E-state index contributed by atoms with van der Waals surface area (Å²) >= 11 is 0. The third kappa shape index (κ3) is 6.01. The number of nitrogens with one attached hydrogen (secondary N) is 1. The van der Waals surface area contributed by atoms with Crippen molar-refractivity contribution >= 4 is 34.1 Å². The third-order valence-electron chi connectivity index (χ3n) is 6.07. The molecular formula is C26H22F4N6O4. The number of alkyl halides is 3. The number of benzene rings is 2. The molecule has 0 amide bonds. The maximum Gasteiger partial charge on any atom is 0.490 e. The third-order valence-corrected chi connectivity index (χ3v) is 6.07. The van der Waals surface area contributed by atoms with Gasteiger partial charge in [0.1, 0.15) is 23.5 Å². The first kappa shape index (κ1) is 27.0. The van der Waals surface area contributed by atoms with Crippen molar-refractivity contribution in [3.05, 3.63) is 72.4 Å². The number of halogens is 4. The number of aromatic nitrogens is 5. The van der Waals surface area contributed by atoms with Crippen molar-refractivity contribution in [3.8, 4) is 5.69 Å². The van der Waals surface area contributed by atoms with Gasteiger partial charge in [0, 0.05) is 19.1 Å². The van der Waals surface area contributed by atoms with E-state index < -0.39 is 12.1 Å². The number of carboxylic acid groups (broad SMARTS) is 1. The molecule has 1 fully saturated rings. The van der Waals surface area contributed by atoms with Gasteiger partial charge < -0.3 is 19.6 Å². The highest BCUT2D eigenvalue weighted by atomic mass is 19.4. The Hall–Kier alpha value is -4.59. The van der Waals surface area contributed by atoms with E-state index in [2.05, 4.69) is 15.3 Å². The number of carbonyl (C=O) groups is 1. The number of imidazole rings is 1. The molecule has 0 saturated carbocycles. The topological polar surface area (TPSA) is 128 Å². The molecule has 0 spiro atoms. The standard InChI is InChI=1S/C24H21FN6O2.C2HF3O2/c25-16-4-3-5-17(12-16)31-14-27-21-23(26-13-20-28-18-6-1-2-7-19(18)33-20)29-22(30-24(21)31)15-8-10-32-11-9-15;3-2(4,5)1(6)7/h1-7,12,14-15H,8-11,13H2,(H,26,29,30);(H,6,7). The molecule has 2 N–H and O–H groups in total. The lowest BCUT2D eigenvalue weighted by molar-refractivity contribution is -0.192. The van der Waals surface area contributed by atoms with E-state index in [-0.39, 0.29) is 11.7 Å². The minimum absolute atomic E-state index is 0.184. The van der Waals surface area contributed by atoms with Gasteiger partial charge in [0.25, 0.3) is 0 Å². The van der Waals surface area contributed by atoms with Crippen molar-refractivity contribution < 1.29 is 36.6 Å². The Morgan fingerprint density at radius 1 is 1.07 bits per heavy atom. The van der Waals surface area contributed by atoms with Crippen LogP contribution in [-0.2, 0) is 16.1 Å². The fourth-order valence-electron chi connectivity index (χ4n) is 4.15. The van der Waals surface area contributed by atoms with Gasteiger partial charge in [-0.2, -0.15) is 13.2 Å². The first-order valence-corrected chi connectivity index (χ1v) is 12.2. The molecule has 1 saturated heterocycles. The van der Waals surface area contributed by atoms with Crippen LogP contribution in [0.4, 0.5) is 23.4 Å². The molecule has 0 bridgehead atoms. The molecule has 0 unspecified atom stereocenters. The molecule has 2 aromatic carbocycles. The summed E-state index contributed by atoms with van der Waals surface area (Å²) in [6.07, 6.45) is -1.74. The molecule has 6 rings (SSSR count). The first-order chi connectivity index (χ1) is 19.2. The number of para-hydroxylation sites is 2. The number of anilines is 1. The molecule has 0 aliphatic carbocycles. The molecule has 4 heterocycles.